The van der Waals surface area contributed by atoms with Crippen LogP contribution in [-0.2, 0) is 4.74 Å². The first-order valence-electron chi connectivity index (χ1n) is 45.9. The van der Waals surface area contributed by atoms with Gasteiger partial charge in [-0.1, -0.05) is 13.3 Å². The van der Waals surface area contributed by atoms with E-state index in [0.717, 1.165) is 141 Å². The average molecular weight is 1510 g/mol. The molecule has 0 aromatic rings. The van der Waals surface area contributed by atoms with E-state index in [4.69, 9.17) is 16.2 Å². The molecular formula is C89H187N17O+2. The number of aliphatic imine (C=N–C) groups is 1. The highest BCUT2D eigenvalue weighted by Gasteiger charge is 2.39. The number of nitrogens with two attached hydrogens (primary N) is 2. The summed E-state index contributed by atoms with van der Waals surface area (Å²) in [6.45, 7) is 72.1. The first-order valence-corrected chi connectivity index (χ1v) is 45.9. The van der Waals surface area contributed by atoms with Gasteiger partial charge in [0, 0.05) is 163 Å². The van der Waals surface area contributed by atoms with Crippen molar-refractivity contribution >= 4 is 5.96 Å². The lowest BCUT2D eigenvalue weighted by molar-refractivity contribution is -0.923. The molecule has 4 N–H and O–H groups in total. The van der Waals surface area contributed by atoms with E-state index in [1.165, 1.54) is 270 Å². The first kappa shape index (κ1) is 96.3. The van der Waals surface area contributed by atoms with Crippen molar-refractivity contribution in [1.82, 2.24) is 58.8 Å². The molecule has 0 aliphatic carbocycles. The molecule has 12 rings (SSSR count). The van der Waals surface area contributed by atoms with E-state index in [1.54, 1.807) is 0 Å². The molecule has 0 bridgehead atoms. The Labute approximate surface area is 666 Å². The number of piperidine rings is 9. The monoisotopic (exact) mass is 1510 g/mol. The maximum absolute atomic E-state index is 5.40. The lowest BCUT2D eigenvalue weighted by Crippen LogP contribution is -2.55. The highest BCUT2D eigenvalue weighted by Crippen LogP contribution is 2.30. The van der Waals surface area contributed by atoms with Gasteiger partial charge in [-0.15, -0.1) is 0 Å². The largest absolute Gasteiger partial charge is 0.379 e. The minimum absolute atomic E-state index is 0.225. The van der Waals surface area contributed by atoms with Crippen molar-refractivity contribution < 1.29 is 13.7 Å². The van der Waals surface area contributed by atoms with Crippen molar-refractivity contribution in [2.24, 2.45) is 22.4 Å². The molecule has 18 heteroatoms. The Bertz CT molecular complexity index is 2130. The highest BCUT2D eigenvalue weighted by molar-refractivity contribution is 5.75. The minimum Gasteiger partial charge on any atom is -0.379 e. The number of morpholine rings is 1. The number of rotatable bonds is 15. The summed E-state index contributed by atoms with van der Waals surface area (Å²) < 4.78 is 7.91. The van der Waals surface area contributed by atoms with Crippen molar-refractivity contribution in [3.05, 3.63) is 0 Å². The molecule has 0 aromatic heterocycles. The van der Waals surface area contributed by atoms with E-state index in [0.29, 0.717) is 12.1 Å². The Balaban J connectivity index is 0.000000220. The van der Waals surface area contributed by atoms with Gasteiger partial charge in [0.05, 0.1) is 72.6 Å². The van der Waals surface area contributed by atoms with Gasteiger partial charge in [0.2, 0.25) is 0 Å². The summed E-state index contributed by atoms with van der Waals surface area (Å²) in [6, 6.07) is 11.4. The van der Waals surface area contributed by atoms with Gasteiger partial charge in [-0.05, 0) is 325 Å². The van der Waals surface area contributed by atoms with Crippen molar-refractivity contribution in [3.63, 3.8) is 0 Å². The number of nitrogens with zero attached hydrogens (tertiary/aromatic N) is 15. The second kappa shape index (κ2) is 50.9. The zero-order valence-corrected chi connectivity index (χ0v) is 75.7. The number of guanidine groups is 1. The van der Waals surface area contributed by atoms with Crippen LogP contribution in [0.25, 0.3) is 0 Å². The third-order valence-electron chi connectivity index (χ3n) is 27.9. The first-order chi connectivity index (χ1) is 50.7. The Kier molecular flexibility index (Phi) is 45.8. The highest BCUT2D eigenvalue weighted by atomic mass is 16.5. The summed E-state index contributed by atoms with van der Waals surface area (Å²) in [4.78, 5) is 35.3. The fraction of sp³-hybridized carbons (Fsp3) is 0.989. The molecule has 107 heavy (non-hydrogen) atoms. The number of quaternary nitrogens is 2. The summed E-state index contributed by atoms with van der Waals surface area (Å²) in [7, 11) is 13.8. The SMILES string of the molecule is CC(C)N1CCC(N(C)C)CC1.CC(C)N1CCC(N2CCCC2)CC1.CC(C)N1CCC(N2CCCCC2)CC1.CC(C)N1CCC(N2CCOCC2)CC1.CC(C)N1CCC(N=C(N)N)CC1.CC(C)N1CCC([N+](C)(C)C)CC1.CC(C)N1CCC([N+]2(C)CCCC2)CC1.CC1CCN(C(C)C)CC1. The van der Waals surface area contributed by atoms with Crippen LogP contribution in [0.3, 0.4) is 0 Å². The summed E-state index contributed by atoms with van der Waals surface area (Å²) in [5.41, 5.74) is 10.7. The number of hydrogen-bond donors (Lipinski definition) is 2. The smallest absolute Gasteiger partial charge is 0.186 e. The fourth-order valence-electron chi connectivity index (χ4n) is 19.5. The van der Waals surface area contributed by atoms with Crippen LogP contribution < -0.4 is 11.5 Å². The average Bonchev–Trinajstić information content (AvgIpc) is 1.72. The third-order valence-corrected chi connectivity index (χ3v) is 27.9. The molecule has 0 aromatic carbocycles. The van der Waals surface area contributed by atoms with Gasteiger partial charge < -0.3 is 79.1 Å². The Hall–Kier alpha value is -1.33. The molecule has 12 aliphatic rings. The number of likely N-dealkylation sites (tertiary alicyclic amines) is 11. The van der Waals surface area contributed by atoms with Gasteiger partial charge in [-0.2, -0.15) is 0 Å². The summed E-state index contributed by atoms with van der Waals surface area (Å²) in [5.74, 6) is 1.19. The summed E-state index contributed by atoms with van der Waals surface area (Å²) in [5, 5.41) is 0. The van der Waals surface area contributed by atoms with Crippen molar-refractivity contribution in [2.45, 2.75) is 356 Å². The van der Waals surface area contributed by atoms with Crippen molar-refractivity contribution in [1.29, 1.82) is 0 Å². The quantitative estimate of drug-likeness (QED) is 0.0921. The van der Waals surface area contributed by atoms with Gasteiger partial charge in [-0.3, -0.25) is 9.89 Å². The molecule has 0 unspecified atom stereocenters. The molecule has 12 fully saturated rings. The predicted molar refractivity (Wildman–Crippen MR) is 465 cm³/mol. The van der Waals surface area contributed by atoms with Gasteiger partial charge in [-0.25, -0.2) is 0 Å². The lowest BCUT2D eigenvalue weighted by atomic mass is 9.98. The Morgan fingerprint density at radius 2 is 0.626 bits per heavy atom. The van der Waals surface area contributed by atoms with Crippen LogP contribution in [0.1, 0.15) is 265 Å². The molecule has 0 spiro atoms. The molecule has 0 atom stereocenters. The van der Waals surface area contributed by atoms with Gasteiger partial charge in [0.15, 0.2) is 5.96 Å². The maximum atomic E-state index is 5.40. The zero-order chi connectivity index (χ0) is 78.8. The van der Waals surface area contributed by atoms with Gasteiger partial charge in [0.1, 0.15) is 0 Å². The Morgan fingerprint density at radius 3 is 0.925 bits per heavy atom. The minimum atomic E-state index is 0.225. The second-order valence-electron chi connectivity index (χ2n) is 39.1. The van der Waals surface area contributed by atoms with Crippen LogP contribution in [0, 0.1) is 5.92 Å². The van der Waals surface area contributed by atoms with E-state index in [2.05, 4.69) is 224 Å². The summed E-state index contributed by atoms with van der Waals surface area (Å²) in [6.07, 6.45) is 31.6. The van der Waals surface area contributed by atoms with Gasteiger partial charge >= 0.3 is 0 Å². The van der Waals surface area contributed by atoms with Crippen LogP contribution in [0.2, 0.25) is 0 Å². The molecular weight excluding hydrogens is 1320 g/mol. The molecule has 12 saturated heterocycles. The maximum Gasteiger partial charge on any atom is 0.186 e. The molecule has 12 heterocycles. The number of ether oxygens (including phenoxy) is 1. The zero-order valence-electron chi connectivity index (χ0n) is 75.7. The van der Waals surface area contributed by atoms with Crippen molar-refractivity contribution in [3.8, 4) is 0 Å². The van der Waals surface area contributed by atoms with E-state index >= 15 is 0 Å². The van der Waals surface area contributed by atoms with Crippen LogP contribution in [0.5, 0.6) is 0 Å². The number of hydrogen-bond acceptors (Lipinski definition) is 14. The van der Waals surface area contributed by atoms with E-state index < -0.39 is 0 Å². The summed E-state index contributed by atoms with van der Waals surface area (Å²) >= 11 is 0. The molecule has 0 saturated carbocycles. The normalized spacial score (nSPS) is 25.3. The van der Waals surface area contributed by atoms with E-state index in [9.17, 15) is 0 Å². The van der Waals surface area contributed by atoms with E-state index in [1.807, 2.05) is 0 Å². The standard InChI is InChI=1S/C13H27N2.C13H26N2.C12H24N2O.C12H24N2.C11H25N2.C10H22N2.C9H20N4.C9H19N/c1-12(2)14-8-6-13(7-9-14)15(3)10-4-5-11-15;1-12(2)14-10-6-13(7-11-14)15-8-4-3-5-9-15;1-11(2)13-5-3-12(4-6-13)14-7-9-15-10-8-14;1-11(2)13-9-5-12(6-10-13)14-7-3-4-8-14;1-10(2)12-8-6-11(7-9-12)13(3,4)5;1-9(2)12-7-5-10(6-8-12)11(3)4;1-7(2)13-5-3-8(4-6-13)12-9(10)11;1-8(2)10-6-4-9(3)5-7-10/h12-13H,4-11H2,1-3H3;12-13H,3-11H2,1-2H3;11-12H,3-10H2,1-2H3;11-12H,3-10H2,1-2H3;10-11H,6-9H2,1-5H3;9-10H,5-8H2,1-4H3;7-8H,3-6H2,1-2H3,(H4,10,11,12);8-9H,4-7H2,1-3H3/q+1;;;;+1;;;. The van der Waals surface area contributed by atoms with Crippen LogP contribution >= 0.6 is 0 Å². The fourth-order valence-corrected chi connectivity index (χ4v) is 19.5. The van der Waals surface area contributed by atoms with Crippen LogP contribution in [0.15, 0.2) is 4.99 Å². The topological polar surface area (TPSA) is 113 Å². The third kappa shape index (κ3) is 36.2. The van der Waals surface area contributed by atoms with E-state index in [-0.39, 0.29) is 5.96 Å². The van der Waals surface area contributed by atoms with Gasteiger partial charge in [0.25, 0.3) is 0 Å². The predicted octanol–water partition coefficient (Wildman–Crippen LogP) is 12.8. The lowest BCUT2D eigenvalue weighted by Gasteiger charge is -2.43. The molecule has 0 radical (unpaired) electrons. The van der Waals surface area contributed by atoms with Crippen LogP contribution in [0.4, 0.5) is 0 Å². The van der Waals surface area contributed by atoms with Crippen molar-refractivity contribution in [2.75, 3.05) is 213 Å². The molecule has 632 valence electrons. The molecule has 0 amide bonds. The Morgan fingerprint density at radius 1 is 0.355 bits per heavy atom. The molecule has 12 aliphatic heterocycles. The second-order valence-corrected chi connectivity index (χ2v) is 39.1. The molecule has 18 nitrogen and oxygen atoms in total. The van der Waals surface area contributed by atoms with Crippen LogP contribution in [-0.4, -0.2) is 377 Å².